The Morgan fingerprint density at radius 1 is 1.25 bits per heavy atom. The van der Waals surface area contributed by atoms with Gasteiger partial charge in [-0.15, -0.1) is 0 Å². The summed E-state index contributed by atoms with van der Waals surface area (Å²) in [5.41, 5.74) is 0. The Kier molecular flexibility index (Phi) is 3.71. The first-order valence-corrected chi connectivity index (χ1v) is 6.96. The van der Waals surface area contributed by atoms with Crippen molar-refractivity contribution in [3.8, 4) is 5.95 Å². The predicted molar refractivity (Wildman–Crippen MR) is 74.8 cm³/mol. The molecule has 0 aliphatic heterocycles. The number of hydrogen-bond acceptors (Lipinski definition) is 7. The molecule has 2 N–H and O–H groups in total. The molecule has 0 bridgehead atoms. The fourth-order valence-electron chi connectivity index (χ4n) is 1.89. The molecule has 1 aliphatic rings. The summed E-state index contributed by atoms with van der Waals surface area (Å²) in [5, 5.41) is 10.6. The number of nitrogens with zero attached hydrogens (tertiary/aromatic N) is 6. The van der Waals surface area contributed by atoms with E-state index in [0.29, 0.717) is 23.9 Å². The highest BCUT2D eigenvalue weighted by Gasteiger charge is 2.19. The molecule has 2 heterocycles. The Hall–Kier alpha value is -2.25. The molecule has 0 spiro atoms. The highest BCUT2D eigenvalue weighted by molar-refractivity contribution is 5.38. The van der Waals surface area contributed by atoms with Gasteiger partial charge in [-0.3, -0.25) is 0 Å². The van der Waals surface area contributed by atoms with Crippen LogP contribution >= 0.6 is 0 Å². The third kappa shape index (κ3) is 2.84. The van der Waals surface area contributed by atoms with Crippen molar-refractivity contribution in [1.29, 1.82) is 0 Å². The predicted octanol–water partition coefficient (Wildman–Crippen LogP) is 1.24. The second-order valence-corrected chi connectivity index (χ2v) is 4.82. The van der Waals surface area contributed by atoms with Crippen LogP contribution in [0.25, 0.3) is 5.95 Å². The molecular formula is C12H18N8. The maximum atomic E-state index is 4.40. The summed E-state index contributed by atoms with van der Waals surface area (Å²) in [6, 6.07) is 0.472. The van der Waals surface area contributed by atoms with Crippen LogP contribution in [0.4, 0.5) is 11.9 Å². The first-order valence-electron chi connectivity index (χ1n) is 6.96. The van der Waals surface area contributed by atoms with Crippen molar-refractivity contribution in [2.45, 2.75) is 38.6 Å². The van der Waals surface area contributed by atoms with Crippen LogP contribution in [0, 0.1) is 0 Å². The van der Waals surface area contributed by atoms with Crippen LogP contribution in [0.5, 0.6) is 0 Å². The quantitative estimate of drug-likeness (QED) is 0.818. The van der Waals surface area contributed by atoms with E-state index in [9.17, 15) is 0 Å². The van der Waals surface area contributed by atoms with Gasteiger partial charge in [0.1, 0.15) is 12.7 Å². The van der Waals surface area contributed by atoms with Crippen LogP contribution in [0.1, 0.15) is 32.6 Å². The Labute approximate surface area is 117 Å². The Morgan fingerprint density at radius 2 is 2.10 bits per heavy atom. The SMILES string of the molecule is CCCNc1nc(NC2CCC2)nc(-n2cncn2)n1. The van der Waals surface area contributed by atoms with Crippen molar-refractivity contribution < 1.29 is 0 Å². The highest BCUT2D eigenvalue weighted by atomic mass is 15.4. The van der Waals surface area contributed by atoms with Gasteiger partial charge in [-0.05, 0) is 25.7 Å². The lowest BCUT2D eigenvalue weighted by Gasteiger charge is -2.26. The number of rotatable bonds is 6. The average Bonchev–Trinajstić information content (AvgIpc) is 2.94. The standard InChI is InChI=1S/C12H18N8/c1-2-6-14-10-17-11(16-9-4-3-5-9)19-12(18-10)20-8-13-7-15-20/h7-9H,2-6H2,1H3,(H2,14,16,17,18,19). The van der Waals surface area contributed by atoms with Crippen LogP contribution in [0.2, 0.25) is 0 Å². The lowest BCUT2D eigenvalue weighted by molar-refractivity contribution is 0.443. The fourth-order valence-corrected chi connectivity index (χ4v) is 1.89. The maximum absolute atomic E-state index is 4.40. The minimum atomic E-state index is 0.470. The van der Waals surface area contributed by atoms with Crippen molar-refractivity contribution >= 4 is 11.9 Å². The zero-order valence-electron chi connectivity index (χ0n) is 11.5. The fraction of sp³-hybridized carbons (Fsp3) is 0.583. The number of hydrogen-bond donors (Lipinski definition) is 2. The van der Waals surface area contributed by atoms with Gasteiger partial charge in [-0.2, -0.15) is 24.7 Å². The molecule has 106 valence electrons. The lowest BCUT2D eigenvalue weighted by Crippen LogP contribution is -2.28. The third-order valence-electron chi connectivity index (χ3n) is 3.22. The van der Waals surface area contributed by atoms with E-state index in [-0.39, 0.29) is 0 Å². The third-order valence-corrected chi connectivity index (χ3v) is 3.22. The summed E-state index contributed by atoms with van der Waals surface area (Å²) in [6.07, 6.45) is 7.65. The van der Waals surface area contributed by atoms with E-state index >= 15 is 0 Å². The summed E-state index contributed by atoms with van der Waals surface area (Å²) in [6.45, 7) is 2.92. The molecule has 0 radical (unpaired) electrons. The zero-order valence-corrected chi connectivity index (χ0v) is 11.5. The van der Waals surface area contributed by atoms with E-state index in [2.05, 4.69) is 42.6 Å². The van der Waals surface area contributed by atoms with E-state index in [1.165, 1.54) is 30.3 Å². The molecule has 0 amide bonds. The monoisotopic (exact) mass is 274 g/mol. The zero-order chi connectivity index (χ0) is 13.8. The Bertz CT molecular complexity index is 549. The molecule has 3 rings (SSSR count). The minimum Gasteiger partial charge on any atom is -0.354 e. The molecule has 0 atom stereocenters. The van der Waals surface area contributed by atoms with Crippen molar-refractivity contribution in [1.82, 2.24) is 29.7 Å². The second-order valence-electron chi connectivity index (χ2n) is 4.82. The summed E-state index contributed by atoms with van der Waals surface area (Å²) in [7, 11) is 0. The molecule has 8 nitrogen and oxygen atoms in total. The van der Waals surface area contributed by atoms with E-state index in [4.69, 9.17) is 0 Å². The topological polar surface area (TPSA) is 93.4 Å². The average molecular weight is 274 g/mol. The molecule has 0 saturated heterocycles. The molecular weight excluding hydrogens is 256 g/mol. The number of aromatic nitrogens is 6. The first kappa shape index (κ1) is 12.8. The molecule has 1 saturated carbocycles. The van der Waals surface area contributed by atoms with Gasteiger partial charge in [0.05, 0.1) is 0 Å². The minimum absolute atomic E-state index is 0.470. The van der Waals surface area contributed by atoms with E-state index < -0.39 is 0 Å². The molecule has 8 heteroatoms. The summed E-state index contributed by atoms with van der Waals surface area (Å²) < 4.78 is 1.53. The van der Waals surface area contributed by atoms with Crippen molar-refractivity contribution in [3.05, 3.63) is 12.7 Å². The summed E-state index contributed by atoms with van der Waals surface area (Å²) >= 11 is 0. The number of anilines is 2. The molecule has 2 aromatic heterocycles. The molecule has 20 heavy (non-hydrogen) atoms. The van der Waals surface area contributed by atoms with Gasteiger partial charge >= 0.3 is 0 Å². The van der Waals surface area contributed by atoms with Crippen molar-refractivity contribution in [2.24, 2.45) is 0 Å². The summed E-state index contributed by atoms with van der Waals surface area (Å²) in [4.78, 5) is 17.1. The molecule has 2 aromatic rings. The Balaban J connectivity index is 1.85. The van der Waals surface area contributed by atoms with Crippen LogP contribution in [-0.4, -0.2) is 42.3 Å². The molecule has 0 aromatic carbocycles. The largest absolute Gasteiger partial charge is 0.354 e. The molecule has 1 aliphatic carbocycles. The second kappa shape index (κ2) is 5.81. The van der Waals surface area contributed by atoms with Crippen LogP contribution in [-0.2, 0) is 0 Å². The van der Waals surface area contributed by atoms with Crippen molar-refractivity contribution in [2.75, 3.05) is 17.2 Å². The van der Waals surface area contributed by atoms with Gasteiger partial charge in [0.15, 0.2) is 0 Å². The van der Waals surface area contributed by atoms with Crippen molar-refractivity contribution in [3.63, 3.8) is 0 Å². The lowest BCUT2D eigenvalue weighted by atomic mass is 9.93. The van der Waals surface area contributed by atoms with Gasteiger partial charge in [-0.1, -0.05) is 6.92 Å². The normalized spacial score (nSPS) is 14.8. The van der Waals surface area contributed by atoms with Gasteiger partial charge in [-0.25, -0.2) is 4.98 Å². The van der Waals surface area contributed by atoms with Crippen LogP contribution in [0.15, 0.2) is 12.7 Å². The highest BCUT2D eigenvalue weighted by Crippen LogP contribution is 2.22. The first-order chi connectivity index (χ1) is 9.85. The van der Waals surface area contributed by atoms with Gasteiger partial charge in [0, 0.05) is 12.6 Å². The van der Waals surface area contributed by atoms with Crippen LogP contribution in [0.3, 0.4) is 0 Å². The van der Waals surface area contributed by atoms with Gasteiger partial charge in [0.2, 0.25) is 11.9 Å². The maximum Gasteiger partial charge on any atom is 0.258 e. The smallest absolute Gasteiger partial charge is 0.258 e. The van der Waals surface area contributed by atoms with E-state index in [0.717, 1.165) is 13.0 Å². The molecule has 1 fully saturated rings. The van der Waals surface area contributed by atoms with Gasteiger partial charge in [0.25, 0.3) is 5.95 Å². The van der Waals surface area contributed by atoms with E-state index in [1.54, 1.807) is 6.33 Å². The number of nitrogens with one attached hydrogen (secondary N) is 2. The Morgan fingerprint density at radius 3 is 2.75 bits per heavy atom. The van der Waals surface area contributed by atoms with E-state index in [1.807, 2.05) is 0 Å². The van der Waals surface area contributed by atoms with Gasteiger partial charge < -0.3 is 10.6 Å². The summed E-state index contributed by atoms with van der Waals surface area (Å²) in [5.74, 6) is 1.63. The van der Waals surface area contributed by atoms with Crippen LogP contribution < -0.4 is 10.6 Å². The molecule has 0 unspecified atom stereocenters.